The van der Waals surface area contributed by atoms with E-state index >= 15 is 0 Å². The summed E-state index contributed by atoms with van der Waals surface area (Å²) in [6, 6.07) is 12.7. The molecule has 1 aromatic carbocycles. The summed E-state index contributed by atoms with van der Waals surface area (Å²) in [5.41, 5.74) is 1.67. The first-order chi connectivity index (χ1) is 10.6. The number of carbonyl (C=O) groups is 2. The average Bonchev–Trinajstić information content (AvgIpc) is 2.53. The van der Waals surface area contributed by atoms with E-state index < -0.39 is 0 Å². The first kappa shape index (κ1) is 15.7. The molecule has 2 rings (SSSR count). The third-order valence-electron chi connectivity index (χ3n) is 2.97. The fourth-order valence-electron chi connectivity index (χ4n) is 1.91. The van der Waals surface area contributed by atoms with Crippen molar-refractivity contribution in [2.75, 3.05) is 0 Å². The Morgan fingerprint density at radius 2 is 1.82 bits per heavy atom. The summed E-state index contributed by atoms with van der Waals surface area (Å²) < 4.78 is 0. The summed E-state index contributed by atoms with van der Waals surface area (Å²) in [6.07, 6.45) is 1.46. The quantitative estimate of drug-likeness (QED) is 0.888. The molecule has 0 aliphatic heterocycles. The van der Waals surface area contributed by atoms with Gasteiger partial charge in [-0.2, -0.15) is 0 Å². The van der Waals surface area contributed by atoms with E-state index in [1.165, 1.54) is 12.3 Å². The third-order valence-corrected chi connectivity index (χ3v) is 2.97. The van der Waals surface area contributed by atoms with Crippen molar-refractivity contribution >= 4 is 11.8 Å². The zero-order chi connectivity index (χ0) is 15.9. The van der Waals surface area contributed by atoms with E-state index in [0.29, 0.717) is 12.1 Å². The van der Waals surface area contributed by atoms with Crippen LogP contribution in [0, 0.1) is 0 Å². The summed E-state index contributed by atoms with van der Waals surface area (Å²) in [5.74, 6) is -0.516. The van der Waals surface area contributed by atoms with E-state index in [0.717, 1.165) is 5.56 Å². The van der Waals surface area contributed by atoms with Gasteiger partial charge in [0.2, 0.25) is 0 Å². The van der Waals surface area contributed by atoms with E-state index in [4.69, 9.17) is 0 Å². The maximum absolute atomic E-state index is 12.1. The number of rotatable bonds is 5. The second-order valence-electron chi connectivity index (χ2n) is 5.23. The lowest BCUT2D eigenvalue weighted by molar-refractivity contribution is 0.0938. The minimum Gasteiger partial charge on any atom is -0.349 e. The Bertz CT molecular complexity index is 654. The Labute approximate surface area is 129 Å². The number of amides is 2. The van der Waals surface area contributed by atoms with E-state index in [2.05, 4.69) is 15.6 Å². The van der Waals surface area contributed by atoms with Crippen molar-refractivity contribution in [1.82, 2.24) is 15.6 Å². The van der Waals surface area contributed by atoms with Gasteiger partial charge in [-0.25, -0.2) is 0 Å². The molecule has 1 heterocycles. The lowest BCUT2D eigenvalue weighted by Crippen LogP contribution is -2.31. The summed E-state index contributed by atoms with van der Waals surface area (Å²) in [6.45, 7) is 4.18. The third kappa shape index (κ3) is 4.41. The van der Waals surface area contributed by atoms with Gasteiger partial charge in [0.15, 0.2) is 0 Å². The molecule has 22 heavy (non-hydrogen) atoms. The van der Waals surface area contributed by atoms with Gasteiger partial charge in [0.25, 0.3) is 11.8 Å². The van der Waals surface area contributed by atoms with Crippen molar-refractivity contribution in [2.24, 2.45) is 0 Å². The molecule has 5 heteroatoms. The van der Waals surface area contributed by atoms with Gasteiger partial charge in [-0.1, -0.05) is 30.3 Å². The van der Waals surface area contributed by atoms with E-state index in [1.807, 2.05) is 44.2 Å². The van der Waals surface area contributed by atoms with Gasteiger partial charge in [-0.3, -0.25) is 14.6 Å². The van der Waals surface area contributed by atoms with Gasteiger partial charge in [0.05, 0.1) is 0 Å². The van der Waals surface area contributed by atoms with Crippen LogP contribution in [0.3, 0.4) is 0 Å². The highest BCUT2D eigenvalue weighted by molar-refractivity contribution is 5.98. The first-order valence-corrected chi connectivity index (χ1v) is 7.15. The van der Waals surface area contributed by atoms with Crippen LogP contribution >= 0.6 is 0 Å². The highest BCUT2D eigenvalue weighted by atomic mass is 16.2. The topological polar surface area (TPSA) is 71.1 Å². The van der Waals surface area contributed by atoms with E-state index in [1.54, 1.807) is 6.07 Å². The summed E-state index contributed by atoms with van der Waals surface area (Å²) in [5, 5.41) is 5.57. The molecule has 0 fully saturated rings. The molecular formula is C17H19N3O2. The number of benzene rings is 1. The molecule has 0 atom stereocenters. The van der Waals surface area contributed by atoms with Crippen LogP contribution in [0.25, 0.3) is 0 Å². The minimum atomic E-state index is -0.285. The van der Waals surface area contributed by atoms with Gasteiger partial charge in [0, 0.05) is 24.3 Å². The van der Waals surface area contributed by atoms with Crippen molar-refractivity contribution in [3.05, 3.63) is 65.5 Å². The fraction of sp³-hybridized carbons (Fsp3) is 0.235. The van der Waals surface area contributed by atoms with Crippen molar-refractivity contribution < 1.29 is 9.59 Å². The van der Waals surface area contributed by atoms with Gasteiger partial charge in [0.1, 0.15) is 5.69 Å². The van der Waals surface area contributed by atoms with Crippen molar-refractivity contribution in [3.63, 3.8) is 0 Å². The Morgan fingerprint density at radius 1 is 1.09 bits per heavy atom. The Hall–Kier alpha value is -2.69. The van der Waals surface area contributed by atoms with Crippen LogP contribution in [0.2, 0.25) is 0 Å². The molecule has 114 valence electrons. The highest BCUT2D eigenvalue weighted by Gasteiger charge is 2.12. The zero-order valence-corrected chi connectivity index (χ0v) is 12.7. The van der Waals surface area contributed by atoms with Gasteiger partial charge < -0.3 is 10.6 Å². The highest BCUT2D eigenvalue weighted by Crippen LogP contribution is 2.04. The molecule has 0 aliphatic rings. The van der Waals surface area contributed by atoms with Gasteiger partial charge >= 0.3 is 0 Å². The zero-order valence-electron chi connectivity index (χ0n) is 12.7. The van der Waals surface area contributed by atoms with Crippen molar-refractivity contribution in [3.8, 4) is 0 Å². The molecule has 0 unspecified atom stereocenters. The maximum atomic E-state index is 12.1. The predicted octanol–water partition coefficient (Wildman–Crippen LogP) is 2.15. The number of hydrogen-bond acceptors (Lipinski definition) is 3. The van der Waals surface area contributed by atoms with Crippen LogP contribution in [0.4, 0.5) is 0 Å². The number of aromatic nitrogens is 1. The summed E-state index contributed by atoms with van der Waals surface area (Å²) in [4.78, 5) is 28.0. The molecule has 0 bridgehead atoms. The van der Waals surface area contributed by atoms with Gasteiger partial charge in [-0.05, 0) is 31.5 Å². The maximum Gasteiger partial charge on any atom is 0.270 e. The second-order valence-corrected chi connectivity index (χ2v) is 5.23. The van der Waals surface area contributed by atoms with Crippen molar-refractivity contribution in [1.29, 1.82) is 0 Å². The van der Waals surface area contributed by atoms with Crippen LogP contribution in [0.15, 0.2) is 48.7 Å². The molecule has 0 spiro atoms. The van der Waals surface area contributed by atoms with Crippen LogP contribution in [0.1, 0.15) is 40.3 Å². The monoisotopic (exact) mass is 297 g/mol. The Balaban J connectivity index is 2.02. The number of pyridine rings is 1. The van der Waals surface area contributed by atoms with Crippen LogP contribution in [-0.4, -0.2) is 22.8 Å². The smallest absolute Gasteiger partial charge is 0.270 e. The lowest BCUT2D eigenvalue weighted by Gasteiger charge is -2.09. The minimum absolute atomic E-state index is 0.0184. The fourth-order valence-corrected chi connectivity index (χ4v) is 1.91. The number of hydrogen-bond donors (Lipinski definition) is 2. The SMILES string of the molecule is CC(C)NC(=O)c1cc(C(=O)NCc2ccccc2)ccn1. The largest absolute Gasteiger partial charge is 0.349 e. The average molecular weight is 297 g/mol. The molecule has 2 aromatic rings. The van der Waals surface area contributed by atoms with Gasteiger partial charge in [-0.15, -0.1) is 0 Å². The molecule has 0 aliphatic carbocycles. The molecule has 1 aromatic heterocycles. The molecule has 0 saturated heterocycles. The summed E-state index contributed by atoms with van der Waals surface area (Å²) >= 11 is 0. The molecule has 2 N–H and O–H groups in total. The lowest BCUT2D eigenvalue weighted by atomic mass is 10.2. The van der Waals surface area contributed by atoms with Crippen LogP contribution in [0.5, 0.6) is 0 Å². The molecule has 2 amide bonds. The summed E-state index contributed by atoms with van der Waals surface area (Å²) in [7, 11) is 0. The van der Waals surface area contributed by atoms with Crippen LogP contribution in [-0.2, 0) is 6.54 Å². The number of carbonyl (C=O) groups excluding carboxylic acids is 2. The molecule has 5 nitrogen and oxygen atoms in total. The second kappa shape index (κ2) is 7.36. The Kier molecular flexibility index (Phi) is 5.25. The molecule has 0 radical (unpaired) electrons. The van der Waals surface area contributed by atoms with E-state index in [9.17, 15) is 9.59 Å². The standard InChI is InChI=1S/C17H19N3O2/c1-12(2)20-17(22)15-10-14(8-9-18-15)16(21)19-11-13-6-4-3-5-7-13/h3-10,12H,11H2,1-2H3,(H,19,21)(H,20,22). The first-order valence-electron chi connectivity index (χ1n) is 7.15. The van der Waals surface area contributed by atoms with E-state index in [-0.39, 0.29) is 23.6 Å². The Morgan fingerprint density at radius 3 is 2.50 bits per heavy atom. The number of nitrogens with one attached hydrogen (secondary N) is 2. The van der Waals surface area contributed by atoms with Crippen LogP contribution < -0.4 is 10.6 Å². The molecular weight excluding hydrogens is 278 g/mol. The number of nitrogens with zero attached hydrogens (tertiary/aromatic N) is 1. The van der Waals surface area contributed by atoms with Crippen molar-refractivity contribution in [2.45, 2.75) is 26.4 Å². The molecule has 0 saturated carbocycles. The normalized spacial score (nSPS) is 10.3. The predicted molar refractivity (Wildman–Crippen MR) is 84.5 cm³/mol.